The molecule has 0 amide bonds. The fourth-order valence-corrected chi connectivity index (χ4v) is 1.95. The summed E-state index contributed by atoms with van der Waals surface area (Å²) in [5, 5.41) is 0. The van der Waals surface area contributed by atoms with E-state index < -0.39 is 0 Å². The minimum Gasteiger partial charge on any atom is -0.383 e. The second-order valence-electron chi connectivity index (χ2n) is 4.15. The third kappa shape index (κ3) is 1.91. The van der Waals surface area contributed by atoms with Crippen LogP contribution in [0.5, 0.6) is 0 Å². The number of nitrogens with two attached hydrogens (primary N) is 1. The molecule has 2 N–H and O–H groups in total. The van der Waals surface area contributed by atoms with Crippen LogP contribution >= 0.6 is 0 Å². The molecule has 0 unspecified atom stereocenters. The Labute approximate surface area is 104 Å². The summed E-state index contributed by atoms with van der Waals surface area (Å²) in [5.74, 6) is 1.72. The lowest BCUT2D eigenvalue weighted by atomic mass is 10.1. The summed E-state index contributed by atoms with van der Waals surface area (Å²) in [6.45, 7) is 3.00. The van der Waals surface area contributed by atoms with E-state index in [1.807, 2.05) is 6.92 Å². The van der Waals surface area contributed by atoms with Gasteiger partial charge in [0.15, 0.2) is 5.82 Å². The summed E-state index contributed by atoms with van der Waals surface area (Å²) in [4.78, 5) is 17.2. The molecule has 2 aromatic rings. The molecular weight excluding hydrogens is 230 g/mol. The molecule has 0 saturated heterocycles. The van der Waals surface area contributed by atoms with Crippen molar-refractivity contribution in [2.75, 3.05) is 12.3 Å². The molecule has 1 aliphatic rings. The standard InChI is InChI=1S/C12H13N5O/c1-7-14-4-2-10(15-7)12-16-9-3-5-18-6-8(9)11(13)17-12/h2,4H,3,5-6H2,1H3,(H2,13,16,17). The lowest BCUT2D eigenvalue weighted by molar-refractivity contribution is 0.109. The van der Waals surface area contributed by atoms with Crippen molar-refractivity contribution >= 4 is 5.82 Å². The Hall–Kier alpha value is -2.08. The summed E-state index contributed by atoms with van der Waals surface area (Å²) < 4.78 is 5.36. The summed E-state index contributed by atoms with van der Waals surface area (Å²) in [6.07, 6.45) is 2.46. The molecule has 6 heteroatoms. The second-order valence-corrected chi connectivity index (χ2v) is 4.15. The Morgan fingerprint density at radius 1 is 1.28 bits per heavy atom. The quantitative estimate of drug-likeness (QED) is 0.800. The molecule has 1 aliphatic heterocycles. The predicted molar refractivity (Wildman–Crippen MR) is 65.6 cm³/mol. The third-order valence-corrected chi connectivity index (χ3v) is 2.86. The van der Waals surface area contributed by atoms with E-state index in [0.717, 1.165) is 17.7 Å². The highest BCUT2D eigenvalue weighted by atomic mass is 16.5. The largest absolute Gasteiger partial charge is 0.383 e. The molecule has 3 heterocycles. The van der Waals surface area contributed by atoms with Crippen LogP contribution in [0.15, 0.2) is 12.3 Å². The molecule has 0 aliphatic carbocycles. The molecule has 0 bridgehead atoms. The number of hydrogen-bond acceptors (Lipinski definition) is 6. The number of ether oxygens (including phenoxy) is 1. The first-order valence-corrected chi connectivity index (χ1v) is 5.77. The van der Waals surface area contributed by atoms with Crippen LogP contribution in [-0.2, 0) is 17.8 Å². The van der Waals surface area contributed by atoms with Gasteiger partial charge in [-0.05, 0) is 13.0 Å². The first-order valence-electron chi connectivity index (χ1n) is 5.77. The van der Waals surface area contributed by atoms with Gasteiger partial charge in [0.05, 0.1) is 18.9 Å². The van der Waals surface area contributed by atoms with Crippen LogP contribution in [0.4, 0.5) is 5.82 Å². The van der Waals surface area contributed by atoms with Crippen LogP contribution in [0.3, 0.4) is 0 Å². The Morgan fingerprint density at radius 2 is 2.17 bits per heavy atom. The van der Waals surface area contributed by atoms with Crippen LogP contribution in [0.25, 0.3) is 11.5 Å². The van der Waals surface area contributed by atoms with Crippen molar-refractivity contribution < 1.29 is 4.74 Å². The van der Waals surface area contributed by atoms with E-state index in [0.29, 0.717) is 36.4 Å². The molecule has 0 spiro atoms. The number of fused-ring (bicyclic) bond motifs is 1. The first-order chi connectivity index (χ1) is 8.74. The fourth-order valence-electron chi connectivity index (χ4n) is 1.95. The molecule has 0 saturated carbocycles. The van der Waals surface area contributed by atoms with Crippen molar-refractivity contribution in [3.05, 3.63) is 29.3 Å². The second kappa shape index (κ2) is 4.30. The van der Waals surface area contributed by atoms with Gasteiger partial charge in [-0.1, -0.05) is 0 Å². The maximum Gasteiger partial charge on any atom is 0.180 e. The molecule has 6 nitrogen and oxygen atoms in total. The van der Waals surface area contributed by atoms with Gasteiger partial charge in [0.1, 0.15) is 17.3 Å². The third-order valence-electron chi connectivity index (χ3n) is 2.86. The number of nitrogen functional groups attached to an aromatic ring is 1. The number of aryl methyl sites for hydroxylation is 1. The minimum atomic E-state index is 0.478. The monoisotopic (exact) mass is 243 g/mol. The topological polar surface area (TPSA) is 86.8 Å². The zero-order chi connectivity index (χ0) is 12.5. The molecule has 0 fully saturated rings. The fraction of sp³-hybridized carbons (Fsp3) is 0.333. The summed E-state index contributed by atoms with van der Waals surface area (Å²) in [7, 11) is 0. The van der Waals surface area contributed by atoms with Crippen molar-refractivity contribution in [3.63, 3.8) is 0 Å². The minimum absolute atomic E-state index is 0.478. The molecular formula is C12H13N5O. The van der Waals surface area contributed by atoms with Gasteiger partial charge >= 0.3 is 0 Å². The van der Waals surface area contributed by atoms with Crippen molar-refractivity contribution in [1.82, 2.24) is 19.9 Å². The van der Waals surface area contributed by atoms with Gasteiger partial charge in [-0.2, -0.15) is 0 Å². The number of hydrogen-bond donors (Lipinski definition) is 1. The zero-order valence-electron chi connectivity index (χ0n) is 10.1. The van der Waals surface area contributed by atoms with Gasteiger partial charge in [0, 0.05) is 18.2 Å². The molecule has 0 radical (unpaired) electrons. The Bertz CT molecular complexity index is 599. The van der Waals surface area contributed by atoms with E-state index in [1.165, 1.54) is 0 Å². The maximum absolute atomic E-state index is 5.94. The number of aromatic nitrogens is 4. The van der Waals surface area contributed by atoms with E-state index in [4.69, 9.17) is 10.5 Å². The maximum atomic E-state index is 5.94. The van der Waals surface area contributed by atoms with Gasteiger partial charge < -0.3 is 10.5 Å². The van der Waals surface area contributed by atoms with E-state index in [2.05, 4.69) is 19.9 Å². The van der Waals surface area contributed by atoms with Crippen molar-refractivity contribution in [2.45, 2.75) is 20.0 Å². The van der Waals surface area contributed by atoms with Crippen molar-refractivity contribution in [3.8, 4) is 11.5 Å². The van der Waals surface area contributed by atoms with Crippen LogP contribution < -0.4 is 5.73 Å². The van der Waals surface area contributed by atoms with Gasteiger partial charge in [0.2, 0.25) is 0 Å². The van der Waals surface area contributed by atoms with Crippen LogP contribution in [0.2, 0.25) is 0 Å². The molecule has 0 atom stereocenters. The number of anilines is 1. The molecule has 92 valence electrons. The highest BCUT2D eigenvalue weighted by molar-refractivity contribution is 5.55. The summed E-state index contributed by atoms with van der Waals surface area (Å²) in [5.41, 5.74) is 8.50. The zero-order valence-corrected chi connectivity index (χ0v) is 10.1. The summed E-state index contributed by atoms with van der Waals surface area (Å²) >= 11 is 0. The summed E-state index contributed by atoms with van der Waals surface area (Å²) in [6, 6.07) is 1.79. The van der Waals surface area contributed by atoms with Gasteiger partial charge in [-0.15, -0.1) is 0 Å². The van der Waals surface area contributed by atoms with Gasteiger partial charge in [-0.3, -0.25) is 0 Å². The Morgan fingerprint density at radius 3 is 3.00 bits per heavy atom. The molecule has 3 rings (SSSR count). The first kappa shape index (κ1) is 11.0. The normalized spacial score (nSPS) is 14.3. The Balaban J connectivity index is 2.11. The van der Waals surface area contributed by atoms with E-state index in [-0.39, 0.29) is 0 Å². The highest BCUT2D eigenvalue weighted by Crippen LogP contribution is 2.23. The molecule has 0 aromatic carbocycles. The average molecular weight is 243 g/mol. The van der Waals surface area contributed by atoms with Crippen LogP contribution in [0, 0.1) is 6.92 Å². The van der Waals surface area contributed by atoms with Crippen LogP contribution in [0.1, 0.15) is 17.1 Å². The van der Waals surface area contributed by atoms with Crippen molar-refractivity contribution in [2.24, 2.45) is 0 Å². The molecule has 18 heavy (non-hydrogen) atoms. The lowest BCUT2D eigenvalue weighted by Gasteiger charge is -2.17. The van der Waals surface area contributed by atoms with E-state index in [9.17, 15) is 0 Å². The average Bonchev–Trinajstić information content (AvgIpc) is 2.39. The van der Waals surface area contributed by atoms with E-state index >= 15 is 0 Å². The Kier molecular flexibility index (Phi) is 2.64. The smallest absolute Gasteiger partial charge is 0.180 e. The van der Waals surface area contributed by atoms with Crippen LogP contribution in [-0.4, -0.2) is 26.5 Å². The van der Waals surface area contributed by atoms with Crippen molar-refractivity contribution in [1.29, 1.82) is 0 Å². The predicted octanol–water partition coefficient (Wildman–Crippen LogP) is 0.897. The number of rotatable bonds is 1. The number of nitrogens with zero attached hydrogens (tertiary/aromatic N) is 4. The molecule has 2 aromatic heterocycles. The van der Waals surface area contributed by atoms with Gasteiger partial charge in [-0.25, -0.2) is 19.9 Å². The highest BCUT2D eigenvalue weighted by Gasteiger charge is 2.17. The SMILES string of the molecule is Cc1nccc(-c2nc(N)c3c(n2)CCOC3)n1. The lowest BCUT2D eigenvalue weighted by Crippen LogP contribution is -2.16. The van der Waals surface area contributed by atoms with Gasteiger partial charge in [0.25, 0.3) is 0 Å². The van der Waals surface area contributed by atoms with E-state index in [1.54, 1.807) is 12.3 Å².